The van der Waals surface area contributed by atoms with Crippen LogP contribution in [-0.4, -0.2) is 39.4 Å². The highest BCUT2D eigenvalue weighted by molar-refractivity contribution is 7.99. The van der Waals surface area contributed by atoms with Crippen molar-refractivity contribution in [3.05, 3.63) is 60.2 Å². The molecule has 0 bridgehead atoms. The zero-order chi connectivity index (χ0) is 22.2. The number of anilines is 2. The van der Waals surface area contributed by atoms with Crippen LogP contribution in [0.25, 0.3) is 0 Å². The number of amides is 2. The molecule has 0 aliphatic rings. The quantitative estimate of drug-likeness (QED) is 0.492. The standard InChI is InChI=1S/C21H22FN5O3S/c1-3-27-18(12-19(28)23-15-10-8-14(22)9-11-15)25-26-21(27)31-13-20(29)24-16-6-4-5-7-17(16)30-2/h4-11H,3,12-13H2,1-2H3,(H,23,28)(H,24,29). The summed E-state index contributed by atoms with van der Waals surface area (Å²) < 4.78 is 20.0. The van der Waals surface area contributed by atoms with E-state index in [1.165, 1.54) is 43.1 Å². The van der Waals surface area contributed by atoms with Crippen molar-refractivity contribution in [1.29, 1.82) is 0 Å². The molecule has 1 heterocycles. The van der Waals surface area contributed by atoms with Crippen LogP contribution in [0.2, 0.25) is 0 Å². The van der Waals surface area contributed by atoms with Crippen LogP contribution in [-0.2, 0) is 22.6 Å². The lowest BCUT2D eigenvalue weighted by molar-refractivity contribution is -0.116. The number of thioether (sulfide) groups is 1. The molecule has 3 rings (SSSR count). The second-order valence-electron chi connectivity index (χ2n) is 6.41. The van der Waals surface area contributed by atoms with E-state index in [4.69, 9.17) is 4.74 Å². The van der Waals surface area contributed by atoms with Gasteiger partial charge in [0.15, 0.2) is 5.16 Å². The average molecular weight is 444 g/mol. The molecule has 0 unspecified atom stereocenters. The Labute approximate surface area is 183 Å². The molecule has 2 aromatic carbocycles. The number of halogens is 1. The number of para-hydroxylation sites is 2. The highest BCUT2D eigenvalue weighted by atomic mass is 32.2. The minimum absolute atomic E-state index is 0.00614. The van der Waals surface area contributed by atoms with Gasteiger partial charge >= 0.3 is 0 Å². The minimum atomic E-state index is -0.375. The highest BCUT2D eigenvalue weighted by Gasteiger charge is 2.16. The van der Waals surface area contributed by atoms with Crippen LogP contribution in [0.1, 0.15) is 12.7 Å². The zero-order valence-electron chi connectivity index (χ0n) is 17.1. The lowest BCUT2D eigenvalue weighted by Gasteiger charge is -2.10. The molecule has 0 saturated carbocycles. The number of rotatable bonds is 9. The van der Waals surface area contributed by atoms with Crippen LogP contribution in [0.5, 0.6) is 5.75 Å². The fraction of sp³-hybridized carbons (Fsp3) is 0.238. The van der Waals surface area contributed by atoms with Gasteiger partial charge in [0.2, 0.25) is 11.8 Å². The average Bonchev–Trinajstić information content (AvgIpc) is 3.15. The van der Waals surface area contributed by atoms with E-state index in [0.717, 1.165) is 0 Å². The molecule has 31 heavy (non-hydrogen) atoms. The van der Waals surface area contributed by atoms with E-state index in [1.807, 2.05) is 19.1 Å². The smallest absolute Gasteiger partial charge is 0.234 e. The third-order valence-electron chi connectivity index (χ3n) is 4.27. The summed E-state index contributed by atoms with van der Waals surface area (Å²) in [7, 11) is 1.54. The monoisotopic (exact) mass is 443 g/mol. The van der Waals surface area contributed by atoms with E-state index in [2.05, 4.69) is 20.8 Å². The molecule has 0 atom stereocenters. The molecular weight excluding hydrogens is 421 g/mol. The zero-order valence-corrected chi connectivity index (χ0v) is 17.9. The van der Waals surface area contributed by atoms with Crippen molar-refractivity contribution < 1.29 is 18.7 Å². The molecule has 0 saturated heterocycles. The number of ether oxygens (including phenoxy) is 1. The first-order valence-corrected chi connectivity index (χ1v) is 10.5. The van der Waals surface area contributed by atoms with Gasteiger partial charge in [-0.15, -0.1) is 10.2 Å². The van der Waals surface area contributed by atoms with Gasteiger partial charge < -0.3 is 19.9 Å². The summed E-state index contributed by atoms with van der Waals surface area (Å²) in [6.45, 7) is 2.45. The van der Waals surface area contributed by atoms with Crippen molar-refractivity contribution in [2.24, 2.45) is 0 Å². The van der Waals surface area contributed by atoms with Crippen molar-refractivity contribution in [2.75, 3.05) is 23.5 Å². The Balaban J connectivity index is 1.58. The lowest BCUT2D eigenvalue weighted by atomic mass is 10.3. The van der Waals surface area contributed by atoms with Gasteiger partial charge in [-0.05, 0) is 43.3 Å². The van der Waals surface area contributed by atoms with Crippen molar-refractivity contribution >= 4 is 35.0 Å². The van der Waals surface area contributed by atoms with Gasteiger partial charge in [-0.2, -0.15) is 0 Å². The summed E-state index contributed by atoms with van der Waals surface area (Å²) in [5.74, 6) is 0.301. The number of benzene rings is 2. The number of carbonyl (C=O) groups excluding carboxylic acids is 2. The fourth-order valence-corrected chi connectivity index (χ4v) is 3.64. The van der Waals surface area contributed by atoms with Gasteiger partial charge in [0, 0.05) is 12.2 Å². The summed E-state index contributed by atoms with van der Waals surface area (Å²) in [6.07, 6.45) is 0.00614. The van der Waals surface area contributed by atoms with Crippen LogP contribution in [0.4, 0.5) is 15.8 Å². The minimum Gasteiger partial charge on any atom is -0.495 e. The fourth-order valence-electron chi connectivity index (χ4n) is 2.82. The van der Waals surface area contributed by atoms with E-state index < -0.39 is 0 Å². The van der Waals surface area contributed by atoms with Crippen molar-refractivity contribution in [3.63, 3.8) is 0 Å². The maximum Gasteiger partial charge on any atom is 0.234 e. The molecule has 0 radical (unpaired) electrons. The number of nitrogens with zero attached hydrogens (tertiary/aromatic N) is 3. The first-order valence-electron chi connectivity index (χ1n) is 9.53. The van der Waals surface area contributed by atoms with Crippen LogP contribution < -0.4 is 15.4 Å². The number of carbonyl (C=O) groups is 2. The van der Waals surface area contributed by atoms with Gasteiger partial charge in [0.05, 0.1) is 25.0 Å². The largest absolute Gasteiger partial charge is 0.495 e. The molecule has 162 valence electrons. The Morgan fingerprint density at radius 3 is 2.52 bits per heavy atom. The maximum absolute atomic E-state index is 13.0. The lowest BCUT2D eigenvalue weighted by Crippen LogP contribution is -2.18. The van der Waals surface area contributed by atoms with Gasteiger partial charge in [-0.3, -0.25) is 9.59 Å². The molecule has 8 nitrogen and oxygen atoms in total. The van der Waals surface area contributed by atoms with Crippen LogP contribution in [0, 0.1) is 5.82 Å². The first kappa shape index (κ1) is 22.3. The Bertz CT molecular complexity index is 1060. The number of nitrogens with one attached hydrogen (secondary N) is 2. The molecule has 10 heteroatoms. The molecule has 0 fully saturated rings. The number of hydrogen-bond donors (Lipinski definition) is 2. The second kappa shape index (κ2) is 10.6. The predicted octanol–water partition coefficient (Wildman–Crippen LogP) is 3.36. The number of hydrogen-bond acceptors (Lipinski definition) is 6. The van der Waals surface area contributed by atoms with Crippen LogP contribution >= 0.6 is 11.8 Å². The Kier molecular flexibility index (Phi) is 7.60. The Morgan fingerprint density at radius 1 is 1.06 bits per heavy atom. The number of methoxy groups -OCH3 is 1. The summed E-state index contributed by atoms with van der Waals surface area (Å²) in [5.41, 5.74) is 1.09. The third kappa shape index (κ3) is 6.05. The van der Waals surface area contributed by atoms with E-state index in [1.54, 1.807) is 16.7 Å². The van der Waals surface area contributed by atoms with Gasteiger partial charge in [0.25, 0.3) is 0 Å². The summed E-state index contributed by atoms with van der Waals surface area (Å²) in [6, 6.07) is 12.7. The number of aromatic nitrogens is 3. The summed E-state index contributed by atoms with van der Waals surface area (Å²) in [4.78, 5) is 24.6. The normalized spacial score (nSPS) is 10.5. The van der Waals surface area contributed by atoms with Crippen LogP contribution in [0.15, 0.2) is 53.7 Å². The van der Waals surface area contributed by atoms with Gasteiger partial charge in [0.1, 0.15) is 17.4 Å². The molecule has 3 aromatic rings. The van der Waals surface area contributed by atoms with Gasteiger partial charge in [-0.1, -0.05) is 23.9 Å². The summed E-state index contributed by atoms with van der Waals surface area (Å²) >= 11 is 1.23. The summed E-state index contributed by atoms with van der Waals surface area (Å²) in [5, 5.41) is 14.3. The highest BCUT2D eigenvalue weighted by Crippen LogP contribution is 2.24. The SMILES string of the molecule is CCn1c(CC(=O)Nc2ccc(F)cc2)nnc1SCC(=O)Nc1ccccc1OC. The van der Waals surface area contributed by atoms with Gasteiger partial charge in [-0.25, -0.2) is 4.39 Å². The van der Waals surface area contributed by atoms with Crippen molar-refractivity contribution in [1.82, 2.24) is 14.8 Å². The van der Waals surface area contributed by atoms with E-state index >= 15 is 0 Å². The Morgan fingerprint density at radius 2 is 1.81 bits per heavy atom. The molecule has 0 aliphatic heterocycles. The van der Waals surface area contributed by atoms with Crippen molar-refractivity contribution in [3.8, 4) is 5.75 Å². The first-order chi connectivity index (χ1) is 15.0. The second-order valence-corrected chi connectivity index (χ2v) is 7.35. The topological polar surface area (TPSA) is 98.1 Å². The van der Waals surface area contributed by atoms with E-state index in [9.17, 15) is 14.0 Å². The third-order valence-corrected chi connectivity index (χ3v) is 5.24. The molecule has 0 aliphatic carbocycles. The Hall–Kier alpha value is -3.40. The van der Waals surface area contributed by atoms with Crippen LogP contribution in [0.3, 0.4) is 0 Å². The molecule has 1 aromatic heterocycles. The molecule has 2 N–H and O–H groups in total. The van der Waals surface area contributed by atoms with E-state index in [0.29, 0.717) is 34.6 Å². The molecule has 2 amide bonds. The maximum atomic E-state index is 13.0. The van der Waals surface area contributed by atoms with E-state index in [-0.39, 0.29) is 29.8 Å². The van der Waals surface area contributed by atoms with Crippen molar-refractivity contribution in [2.45, 2.75) is 25.0 Å². The molecule has 0 spiro atoms. The molecular formula is C21H22FN5O3S. The predicted molar refractivity (Wildman–Crippen MR) is 117 cm³/mol.